The first-order chi connectivity index (χ1) is 8.70. The van der Waals surface area contributed by atoms with Crippen LogP contribution in [0, 0.1) is 6.92 Å². The molecular formula is C11H13N3O3S. The minimum Gasteiger partial charge on any atom is -0.387 e. The van der Waals surface area contributed by atoms with Crippen LogP contribution in [0.2, 0.25) is 0 Å². The minimum absolute atomic E-state index is 0.0895. The Kier molecular flexibility index (Phi) is 4.06. The molecule has 2 N–H and O–H groups in total. The summed E-state index contributed by atoms with van der Waals surface area (Å²) in [5.41, 5.74) is 0.972. The number of thiophene rings is 1. The van der Waals surface area contributed by atoms with Crippen LogP contribution in [0.15, 0.2) is 16.0 Å². The van der Waals surface area contributed by atoms with Crippen molar-refractivity contribution in [1.82, 2.24) is 15.5 Å². The Morgan fingerprint density at radius 1 is 1.61 bits per heavy atom. The molecule has 2 aromatic heterocycles. The Morgan fingerprint density at radius 3 is 3.06 bits per heavy atom. The summed E-state index contributed by atoms with van der Waals surface area (Å²) in [6.07, 6.45) is 0.472. The SMILES string of the molecule is Cc1ccsc1C(=O)NCCc1noc(CO)n1. The highest BCUT2D eigenvalue weighted by Crippen LogP contribution is 2.14. The minimum atomic E-state index is -0.270. The predicted molar refractivity (Wildman–Crippen MR) is 65.3 cm³/mol. The fourth-order valence-electron chi connectivity index (χ4n) is 1.43. The normalized spacial score (nSPS) is 10.6. The van der Waals surface area contributed by atoms with Crippen LogP contribution < -0.4 is 5.32 Å². The standard InChI is InChI=1S/C11H13N3O3S/c1-7-3-5-18-10(7)11(16)12-4-2-8-13-9(6-15)17-14-8/h3,5,15H,2,4,6H2,1H3,(H,12,16). The second kappa shape index (κ2) is 5.74. The van der Waals surface area contributed by atoms with Crippen molar-refractivity contribution in [1.29, 1.82) is 0 Å². The van der Waals surface area contributed by atoms with Crippen molar-refractivity contribution in [2.24, 2.45) is 0 Å². The van der Waals surface area contributed by atoms with Gasteiger partial charge in [-0.3, -0.25) is 4.79 Å². The number of carbonyl (C=O) groups excluding carboxylic acids is 1. The van der Waals surface area contributed by atoms with Crippen LogP contribution in [-0.4, -0.2) is 27.7 Å². The number of aryl methyl sites for hydroxylation is 1. The van der Waals surface area contributed by atoms with Crippen molar-refractivity contribution in [2.45, 2.75) is 20.0 Å². The topological polar surface area (TPSA) is 88.2 Å². The highest BCUT2D eigenvalue weighted by molar-refractivity contribution is 7.12. The van der Waals surface area contributed by atoms with Gasteiger partial charge >= 0.3 is 0 Å². The summed E-state index contributed by atoms with van der Waals surface area (Å²) in [6, 6.07) is 1.91. The monoisotopic (exact) mass is 267 g/mol. The number of aliphatic hydroxyl groups is 1. The molecule has 7 heteroatoms. The maximum absolute atomic E-state index is 11.8. The number of hydrogen-bond acceptors (Lipinski definition) is 6. The number of hydrogen-bond donors (Lipinski definition) is 2. The molecule has 0 radical (unpaired) electrons. The van der Waals surface area contributed by atoms with Crippen molar-refractivity contribution < 1.29 is 14.4 Å². The lowest BCUT2D eigenvalue weighted by Crippen LogP contribution is -2.25. The quantitative estimate of drug-likeness (QED) is 0.840. The van der Waals surface area contributed by atoms with Crippen LogP contribution in [0.1, 0.15) is 27.0 Å². The van der Waals surface area contributed by atoms with Crippen LogP contribution in [0.5, 0.6) is 0 Å². The van der Waals surface area contributed by atoms with Gasteiger partial charge in [-0.1, -0.05) is 5.16 Å². The Hall–Kier alpha value is -1.73. The Morgan fingerprint density at radius 2 is 2.44 bits per heavy atom. The molecule has 0 spiro atoms. The van der Waals surface area contributed by atoms with Crippen LogP contribution in [-0.2, 0) is 13.0 Å². The molecule has 6 nitrogen and oxygen atoms in total. The first-order valence-electron chi connectivity index (χ1n) is 5.45. The van der Waals surface area contributed by atoms with Gasteiger partial charge in [-0.15, -0.1) is 11.3 Å². The van der Waals surface area contributed by atoms with Gasteiger partial charge in [0.05, 0.1) is 4.88 Å². The average molecular weight is 267 g/mol. The number of aromatic nitrogens is 2. The third-order valence-corrected chi connectivity index (χ3v) is 3.36. The van der Waals surface area contributed by atoms with E-state index in [1.54, 1.807) is 0 Å². The molecule has 1 amide bonds. The molecular weight excluding hydrogens is 254 g/mol. The lowest BCUT2D eigenvalue weighted by Gasteiger charge is -2.02. The van der Waals surface area contributed by atoms with E-state index in [2.05, 4.69) is 15.5 Å². The van der Waals surface area contributed by atoms with E-state index < -0.39 is 0 Å². The number of rotatable bonds is 5. The summed E-state index contributed by atoms with van der Waals surface area (Å²) in [5.74, 6) is 0.570. The first kappa shape index (κ1) is 12.7. The van der Waals surface area contributed by atoms with Gasteiger partial charge in [0, 0.05) is 13.0 Å². The Labute approximate surface area is 108 Å². The molecule has 2 rings (SSSR count). The molecule has 2 heterocycles. The number of aliphatic hydroxyl groups excluding tert-OH is 1. The van der Waals surface area contributed by atoms with Gasteiger partial charge in [0.2, 0.25) is 0 Å². The summed E-state index contributed by atoms with van der Waals surface area (Å²) in [5, 5.41) is 17.1. The molecule has 0 aromatic carbocycles. The lowest BCUT2D eigenvalue weighted by molar-refractivity contribution is 0.0957. The first-order valence-corrected chi connectivity index (χ1v) is 6.33. The molecule has 0 bridgehead atoms. The van der Waals surface area contributed by atoms with Crippen molar-refractivity contribution >= 4 is 17.2 Å². The summed E-state index contributed by atoms with van der Waals surface area (Å²) >= 11 is 1.42. The van der Waals surface area contributed by atoms with Crippen molar-refractivity contribution in [2.75, 3.05) is 6.54 Å². The zero-order chi connectivity index (χ0) is 13.0. The second-order valence-electron chi connectivity index (χ2n) is 3.70. The zero-order valence-corrected chi connectivity index (χ0v) is 10.7. The number of nitrogens with zero attached hydrogens (tertiary/aromatic N) is 2. The van der Waals surface area contributed by atoms with E-state index in [1.165, 1.54) is 11.3 Å². The molecule has 0 aliphatic heterocycles. The van der Waals surface area contributed by atoms with E-state index >= 15 is 0 Å². The van der Waals surface area contributed by atoms with Gasteiger partial charge in [-0.2, -0.15) is 4.98 Å². The van der Waals surface area contributed by atoms with E-state index in [1.807, 2.05) is 18.4 Å². The molecule has 0 unspecified atom stereocenters. The van der Waals surface area contributed by atoms with Gasteiger partial charge in [-0.05, 0) is 23.9 Å². The van der Waals surface area contributed by atoms with E-state index in [0.29, 0.717) is 18.8 Å². The van der Waals surface area contributed by atoms with E-state index in [4.69, 9.17) is 9.63 Å². The largest absolute Gasteiger partial charge is 0.387 e. The van der Waals surface area contributed by atoms with Crippen LogP contribution >= 0.6 is 11.3 Å². The van der Waals surface area contributed by atoms with Crippen molar-refractivity contribution in [3.63, 3.8) is 0 Å². The molecule has 96 valence electrons. The average Bonchev–Trinajstić information content (AvgIpc) is 2.97. The second-order valence-corrected chi connectivity index (χ2v) is 4.62. The molecule has 0 saturated heterocycles. The van der Waals surface area contributed by atoms with Gasteiger partial charge < -0.3 is 14.9 Å². The molecule has 0 aliphatic rings. The summed E-state index contributed by atoms with van der Waals surface area (Å²) in [6.45, 7) is 2.06. The van der Waals surface area contributed by atoms with Crippen LogP contribution in [0.4, 0.5) is 0 Å². The molecule has 2 aromatic rings. The smallest absolute Gasteiger partial charge is 0.261 e. The van der Waals surface area contributed by atoms with Gasteiger partial charge in [0.25, 0.3) is 11.8 Å². The van der Waals surface area contributed by atoms with Gasteiger partial charge in [0.1, 0.15) is 6.61 Å². The Bertz CT molecular complexity index is 535. The lowest BCUT2D eigenvalue weighted by atomic mass is 10.3. The maximum Gasteiger partial charge on any atom is 0.261 e. The number of amides is 1. The third-order valence-electron chi connectivity index (χ3n) is 2.35. The molecule has 0 fully saturated rings. The fourth-order valence-corrected chi connectivity index (χ4v) is 2.27. The zero-order valence-electron chi connectivity index (χ0n) is 9.84. The molecule has 0 saturated carbocycles. The maximum atomic E-state index is 11.8. The highest BCUT2D eigenvalue weighted by Gasteiger charge is 2.10. The van der Waals surface area contributed by atoms with E-state index in [9.17, 15) is 4.79 Å². The Balaban J connectivity index is 1.82. The van der Waals surface area contributed by atoms with E-state index in [0.717, 1.165) is 10.4 Å². The van der Waals surface area contributed by atoms with Crippen LogP contribution in [0.25, 0.3) is 0 Å². The van der Waals surface area contributed by atoms with Gasteiger partial charge in [0.15, 0.2) is 5.82 Å². The van der Waals surface area contributed by atoms with Crippen LogP contribution in [0.3, 0.4) is 0 Å². The number of nitrogens with one attached hydrogen (secondary N) is 1. The van der Waals surface area contributed by atoms with Gasteiger partial charge in [-0.25, -0.2) is 0 Å². The fraction of sp³-hybridized carbons (Fsp3) is 0.364. The molecule has 0 atom stereocenters. The molecule has 0 aliphatic carbocycles. The highest BCUT2D eigenvalue weighted by atomic mass is 32.1. The molecule has 18 heavy (non-hydrogen) atoms. The summed E-state index contributed by atoms with van der Waals surface area (Å²) in [7, 11) is 0. The predicted octanol–water partition coefficient (Wildman–Crippen LogP) is 0.904. The van der Waals surface area contributed by atoms with Crippen molar-refractivity contribution in [3.8, 4) is 0 Å². The third kappa shape index (κ3) is 2.93. The number of carbonyl (C=O) groups is 1. The van der Waals surface area contributed by atoms with Crippen molar-refractivity contribution in [3.05, 3.63) is 33.6 Å². The van der Waals surface area contributed by atoms with E-state index in [-0.39, 0.29) is 18.4 Å². The summed E-state index contributed by atoms with van der Waals surface area (Å²) < 4.78 is 4.74. The summed E-state index contributed by atoms with van der Waals surface area (Å²) in [4.78, 5) is 16.4.